The Labute approximate surface area is 521 Å². The van der Waals surface area contributed by atoms with Gasteiger partial charge in [-0.25, -0.2) is 0 Å². The molecule has 0 bridgehead atoms. The lowest BCUT2D eigenvalue weighted by atomic mass is 9.97. The highest BCUT2D eigenvalue weighted by Crippen LogP contribution is 2.48. The molecule has 0 spiro atoms. The van der Waals surface area contributed by atoms with Crippen LogP contribution < -0.4 is 0 Å². The van der Waals surface area contributed by atoms with Gasteiger partial charge >= 0.3 is 43.2 Å². The van der Waals surface area contributed by atoms with Gasteiger partial charge in [0.2, 0.25) is 0 Å². The van der Waals surface area contributed by atoms with Gasteiger partial charge in [0.1, 0.15) is 0 Å². The van der Waals surface area contributed by atoms with E-state index in [1.165, 1.54) is 94.9 Å². The van der Waals surface area contributed by atoms with Crippen molar-refractivity contribution in [1.82, 2.24) is 14.1 Å². The third kappa shape index (κ3) is 12.3. The number of fused-ring (bicyclic) bond motifs is 6. The second-order valence-electron chi connectivity index (χ2n) is 22.7. The van der Waals surface area contributed by atoms with Crippen molar-refractivity contribution in [3.63, 3.8) is 0 Å². The minimum absolute atomic E-state index is 0.00679. The molecule has 0 aliphatic carbocycles. The number of pyridine rings is 1. The van der Waals surface area contributed by atoms with E-state index in [2.05, 4.69) is 11.1 Å². The minimum Gasteiger partial charge on any atom is -0.307 e. The fourth-order valence-corrected chi connectivity index (χ4v) is 12.0. The molecule has 0 unspecified atom stereocenters. The average Bonchev–Trinajstić information content (AvgIpc) is 1.58. The standard InChI is InChI=1S/C70H37F21N4/c1-33-12-40(16-46(13-33)64(71,72)73)36-4-8-53-54-9-5-37(41-17-47(65(74,75)76)28-48(18-41)66(77,78)79)24-59(54)94(58(53)23-36)62-27-45(32-92)57(44-14-34(2)93-35(3)15-44)31-63(62)95-60-25-38(42-19-49(67(80,81)82)29-50(20-42)68(83,84)85)6-10-55(60)56-11-7-39(26-61(56)95)43-21-51(69(86,87)88)30-52(22-43)70(89,90)91/h4-31H,1-3H3. The van der Waals surface area contributed by atoms with Crippen molar-refractivity contribution in [2.75, 3.05) is 0 Å². The molecular formula is C70H37F21N4. The number of rotatable bonds is 7. The first-order valence-corrected chi connectivity index (χ1v) is 27.9. The summed E-state index contributed by atoms with van der Waals surface area (Å²) in [6.07, 6.45) is -37.1. The van der Waals surface area contributed by atoms with E-state index in [-0.39, 0.29) is 123 Å². The lowest BCUT2D eigenvalue weighted by Gasteiger charge is -2.21. The van der Waals surface area contributed by atoms with E-state index in [4.69, 9.17) is 0 Å². The number of alkyl halides is 21. The quantitative estimate of drug-likeness (QED) is 0.149. The zero-order valence-corrected chi connectivity index (χ0v) is 48.4. The Bertz CT molecular complexity index is 4940. The molecule has 0 fully saturated rings. The van der Waals surface area contributed by atoms with Crippen LogP contribution in [0.25, 0.3) is 111 Å². The van der Waals surface area contributed by atoms with Crippen molar-refractivity contribution in [1.29, 1.82) is 5.26 Å². The number of nitrogens with zero attached hydrogens (tertiary/aromatic N) is 4. The number of hydrogen-bond donors (Lipinski definition) is 0. The van der Waals surface area contributed by atoms with Gasteiger partial charge in [-0.15, -0.1) is 0 Å². The van der Waals surface area contributed by atoms with Crippen LogP contribution in [0.15, 0.2) is 170 Å². The lowest BCUT2D eigenvalue weighted by Crippen LogP contribution is -2.11. The third-order valence-electron chi connectivity index (χ3n) is 16.1. The molecule has 0 atom stereocenters. The zero-order chi connectivity index (χ0) is 68.8. The summed E-state index contributed by atoms with van der Waals surface area (Å²) in [5.74, 6) is 0. The Balaban J connectivity index is 1.29. The van der Waals surface area contributed by atoms with Gasteiger partial charge in [0, 0.05) is 38.5 Å². The highest BCUT2D eigenvalue weighted by atomic mass is 19.4. The van der Waals surface area contributed by atoms with Crippen LogP contribution in [0.4, 0.5) is 92.2 Å². The number of aryl methyl sites for hydroxylation is 3. The summed E-state index contributed by atoms with van der Waals surface area (Å²) in [6, 6.07) is 28.2. The first kappa shape index (κ1) is 64.8. The van der Waals surface area contributed by atoms with Gasteiger partial charge in [0.05, 0.1) is 84.0 Å². The van der Waals surface area contributed by atoms with Crippen LogP contribution >= 0.6 is 0 Å². The molecular weight excluding hydrogens is 1300 g/mol. The van der Waals surface area contributed by atoms with Crippen LogP contribution in [0.2, 0.25) is 0 Å². The molecule has 0 aliphatic rings. The Hall–Kier alpha value is -10.3. The molecule has 12 rings (SSSR count). The average molecular weight is 1330 g/mol. The summed E-state index contributed by atoms with van der Waals surface area (Å²) in [7, 11) is 0. The fraction of sp³-hybridized carbons (Fsp3) is 0.143. The Kier molecular flexibility index (Phi) is 15.1. The van der Waals surface area contributed by atoms with Crippen molar-refractivity contribution < 1.29 is 92.2 Å². The van der Waals surface area contributed by atoms with Gasteiger partial charge in [-0.05, 0) is 192 Å². The van der Waals surface area contributed by atoms with Crippen LogP contribution in [0, 0.1) is 32.1 Å². The maximum Gasteiger partial charge on any atom is 0.416 e. The molecule has 3 aromatic heterocycles. The maximum absolute atomic E-state index is 14.6. The molecule has 3 heterocycles. The number of aromatic nitrogens is 3. The largest absolute Gasteiger partial charge is 0.416 e. The lowest BCUT2D eigenvalue weighted by molar-refractivity contribution is -0.144. The van der Waals surface area contributed by atoms with Crippen LogP contribution in [0.1, 0.15) is 61.5 Å². The number of nitriles is 1. The summed E-state index contributed by atoms with van der Waals surface area (Å²) >= 11 is 0. The fourth-order valence-electron chi connectivity index (χ4n) is 12.0. The Morgan fingerprint density at radius 1 is 0.284 bits per heavy atom. The van der Waals surface area contributed by atoms with Crippen molar-refractivity contribution in [3.05, 3.63) is 231 Å². The first-order valence-electron chi connectivity index (χ1n) is 27.9. The Morgan fingerprint density at radius 2 is 0.547 bits per heavy atom. The monoisotopic (exact) mass is 1330 g/mol. The van der Waals surface area contributed by atoms with Crippen molar-refractivity contribution in [3.8, 4) is 73.1 Å². The first-order chi connectivity index (χ1) is 44.1. The molecule has 12 aromatic rings. The predicted octanol–water partition coefficient (Wildman–Crippen LogP) is 23.5. The molecule has 4 nitrogen and oxygen atoms in total. The molecule has 484 valence electrons. The molecule has 0 aliphatic heterocycles. The van der Waals surface area contributed by atoms with Gasteiger partial charge in [-0.1, -0.05) is 54.6 Å². The van der Waals surface area contributed by atoms with Crippen molar-refractivity contribution in [2.24, 2.45) is 0 Å². The van der Waals surface area contributed by atoms with E-state index in [9.17, 15) is 97.5 Å². The summed E-state index contributed by atoms with van der Waals surface area (Å²) < 4.78 is 308. The van der Waals surface area contributed by atoms with E-state index in [0.717, 1.165) is 36.4 Å². The molecule has 0 saturated heterocycles. The summed E-state index contributed by atoms with van der Waals surface area (Å²) in [5, 5.41) is 11.8. The second-order valence-corrected chi connectivity index (χ2v) is 22.7. The molecule has 0 saturated carbocycles. The number of halogens is 21. The molecule has 95 heavy (non-hydrogen) atoms. The zero-order valence-electron chi connectivity index (χ0n) is 48.4. The Morgan fingerprint density at radius 3 is 0.821 bits per heavy atom. The third-order valence-corrected chi connectivity index (χ3v) is 16.1. The molecule has 0 amide bonds. The molecule has 0 N–H and O–H groups in total. The molecule has 25 heteroatoms. The SMILES string of the molecule is Cc1cc(-c2ccc3c4ccc(-c5cc(C(F)(F)F)cc(C(F)(F)F)c5)cc4n(-c4cc(C#N)c(-c5cc(C)nc(C)c5)cc4-n4c5cc(-c6cc(C(F)(F)F)cc(C(F)(F)F)c6)ccc5c5ccc(-c6cc(C(F)(F)F)cc(C(F)(F)F)c6)cc54)c3c2)cc(C(F)(F)F)c1. The maximum atomic E-state index is 14.6. The summed E-state index contributed by atoms with van der Waals surface area (Å²) in [6.45, 7) is 4.56. The highest BCUT2D eigenvalue weighted by Gasteiger charge is 2.41. The van der Waals surface area contributed by atoms with Crippen LogP contribution in [0.3, 0.4) is 0 Å². The van der Waals surface area contributed by atoms with Gasteiger partial charge in [0.25, 0.3) is 0 Å². The van der Waals surface area contributed by atoms with E-state index in [1.807, 2.05) is 0 Å². The number of benzene rings is 9. The summed E-state index contributed by atoms with van der Waals surface area (Å²) in [4.78, 5) is 4.43. The van der Waals surface area contributed by atoms with Crippen LogP contribution in [-0.4, -0.2) is 14.1 Å². The topological polar surface area (TPSA) is 46.5 Å². The van der Waals surface area contributed by atoms with Crippen molar-refractivity contribution in [2.45, 2.75) is 64.0 Å². The second kappa shape index (κ2) is 22.2. The van der Waals surface area contributed by atoms with Crippen LogP contribution in [-0.2, 0) is 43.2 Å². The van der Waals surface area contributed by atoms with Gasteiger partial charge in [0.15, 0.2) is 0 Å². The smallest absolute Gasteiger partial charge is 0.307 e. The predicted molar refractivity (Wildman–Crippen MR) is 314 cm³/mol. The van der Waals surface area contributed by atoms with E-state index in [1.54, 1.807) is 13.8 Å². The van der Waals surface area contributed by atoms with Gasteiger partial charge in [-0.3, -0.25) is 4.98 Å². The highest BCUT2D eigenvalue weighted by molar-refractivity contribution is 6.14. The number of hydrogen-bond acceptors (Lipinski definition) is 2. The normalized spacial score (nSPS) is 13.0. The minimum atomic E-state index is -5.37. The van der Waals surface area contributed by atoms with Crippen molar-refractivity contribution >= 4 is 43.6 Å². The van der Waals surface area contributed by atoms with Crippen LogP contribution in [0.5, 0.6) is 0 Å². The summed E-state index contributed by atoms with van der Waals surface area (Å²) in [5.41, 5.74) is -14.3. The molecule has 9 aromatic carbocycles. The van der Waals surface area contributed by atoms with Gasteiger partial charge < -0.3 is 9.13 Å². The molecule has 0 radical (unpaired) electrons. The van der Waals surface area contributed by atoms with E-state index >= 15 is 0 Å². The van der Waals surface area contributed by atoms with E-state index in [0.29, 0.717) is 47.8 Å². The van der Waals surface area contributed by atoms with E-state index < -0.39 is 98.9 Å². The van der Waals surface area contributed by atoms with Gasteiger partial charge in [-0.2, -0.15) is 97.5 Å².